The number of carbonyl (C=O) groups is 1. The molecule has 0 spiro atoms. The number of carbonyl (C=O) groups excluding carboxylic acids is 1. The Morgan fingerprint density at radius 1 is 1.07 bits per heavy atom. The number of fused-ring (bicyclic) bond motifs is 1. The third-order valence-corrected chi connectivity index (χ3v) is 7.02. The first-order chi connectivity index (χ1) is 13.7. The number of benzene rings is 2. The smallest absolute Gasteiger partial charge is 0.241 e. The van der Waals surface area contributed by atoms with Crippen LogP contribution in [-0.2, 0) is 27.8 Å². The number of amides is 1. The number of hydrogen-bond donors (Lipinski definition) is 2. The van der Waals surface area contributed by atoms with Gasteiger partial charge in [-0.05, 0) is 50.5 Å². The van der Waals surface area contributed by atoms with Crippen molar-refractivity contribution in [2.45, 2.75) is 50.2 Å². The average Bonchev–Trinajstić information content (AvgIpc) is 2.72. The minimum atomic E-state index is -3.73. The molecule has 1 aliphatic rings. The minimum Gasteiger partial charge on any atom is -0.353 e. The zero-order valence-electron chi connectivity index (χ0n) is 17.2. The molecule has 29 heavy (non-hydrogen) atoms. The lowest BCUT2D eigenvalue weighted by Crippen LogP contribution is -2.55. The van der Waals surface area contributed by atoms with E-state index in [1.54, 1.807) is 25.1 Å². The van der Waals surface area contributed by atoms with Crippen LogP contribution in [0.25, 0.3) is 0 Å². The normalized spacial score (nSPS) is 16.1. The SMILES string of the molecule is C[C@H](NS(=O)(=O)c1ccccc1)C(=O)NCC(C)(C)N1CCc2ccccc2C1. The zero-order chi connectivity index (χ0) is 21.1. The van der Waals surface area contributed by atoms with Crippen LogP contribution >= 0.6 is 0 Å². The molecule has 3 rings (SSSR count). The van der Waals surface area contributed by atoms with Crippen LogP contribution in [0.2, 0.25) is 0 Å². The van der Waals surface area contributed by atoms with Crippen molar-refractivity contribution in [3.8, 4) is 0 Å². The zero-order valence-corrected chi connectivity index (χ0v) is 18.0. The summed E-state index contributed by atoms with van der Waals surface area (Å²) in [5, 5.41) is 2.91. The molecule has 6 nitrogen and oxygen atoms in total. The summed E-state index contributed by atoms with van der Waals surface area (Å²) >= 11 is 0. The standard InChI is InChI=1S/C22H29N3O3S/c1-17(24-29(27,28)20-11-5-4-6-12-20)21(26)23-16-22(2,3)25-14-13-18-9-7-8-10-19(18)15-25/h4-12,17,24H,13-16H2,1-3H3,(H,23,26)/t17-/m0/s1. The van der Waals surface area contributed by atoms with Crippen molar-refractivity contribution in [1.29, 1.82) is 0 Å². The molecule has 1 aliphatic heterocycles. The number of rotatable bonds is 7. The van der Waals surface area contributed by atoms with Gasteiger partial charge in [0.2, 0.25) is 15.9 Å². The second-order valence-corrected chi connectivity index (χ2v) is 9.84. The third-order valence-electron chi connectivity index (χ3n) is 5.46. The highest BCUT2D eigenvalue weighted by atomic mass is 32.2. The molecule has 2 aromatic rings. The Morgan fingerprint density at radius 3 is 2.38 bits per heavy atom. The Hall–Kier alpha value is -2.22. The van der Waals surface area contributed by atoms with Gasteiger partial charge in [-0.3, -0.25) is 9.69 Å². The molecule has 0 aromatic heterocycles. The van der Waals surface area contributed by atoms with Gasteiger partial charge in [-0.25, -0.2) is 8.42 Å². The molecule has 1 heterocycles. The molecule has 7 heteroatoms. The molecule has 1 amide bonds. The molecule has 2 N–H and O–H groups in total. The van der Waals surface area contributed by atoms with E-state index in [1.807, 2.05) is 0 Å². The van der Waals surface area contributed by atoms with Crippen molar-refractivity contribution >= 4 is 15.9 Å². The molecule has 1 atom stereocenters. The van der Waals surface area contributed by atoms with Crippen LogP contribution in [0.3, 0.4) is 0 Å². The minimum absolute atomic E-state index is 0.145. The number of hydrogen-bond acceptors (Lipinski definition) is 4. The maximum Gasteiger partial charge on any atom is 0.241 e. The summed E-state index contributed by atoms with van der Waals surface area (Å²) in [4.78, 5) is 15.0. The highest BCUT2D eigenvalue weighted by Gasteiger charge is 2.31. The number of nitrogens with zero attached hydrogens (tertiary/aromatic N) is 1. The Bertz CT molecular complexity index is 958. The van der Waals surface area contributed by atoms with E-state index in [0.29, 0.717) is 6.54 Å². The van der Waals surface area contributed by atoms with Gasteiger partial charge < -0.3 is 5.32 Å². The lowest BCUT2D eigenvalue weighted by molar-refractivity contribution is -0.123. The van der Waals surface area contributed by atoms with E-state index in [2.05, 4.69) is 53.1 Å². The van der Waals surface area contributed by atoms with E-state index in [9.17, 15) is 13.2 Å². The molecule has 0 aliphatic carbocycles. The van der Waals surface area contributed by atoms with Crippen LogP contribution in [0.4, 0.5) is 0 Å². The molecule has 0 fully saturated rings. The van der Waals surface area contributed by atoms with E-state index in [1.165, 1.54) is 23.3 Å². The van der Waals surface area contributed by atoms with Gasteiger partial charge in [-0.1, -0.05) is 42.5 Å². The predicted molar refractivity (Wildman–Crippen MR) is 114 cm³/mol. The summed E-state index contributed by atoms with van der Waals surface area (Å²) in [7, 11) is -3.73. The summed E-state index contributed by atoms with van der Waals surface area (Å²) in [6.45, 7) is 7.96. The van der Waals surface area contributed by atoms with Gasteiger partial charge >= 0.3 is 0 Å². The Labute approximate surface area is 173 Å². The molecule has 2 aromatic carbocycles. The molecule has 156 valence electrons. The van der Waals surface area contributed by atoms with Crippen molar-refractivity contribution in [2.24, 2.45) is 0 Å². The van der Waals surface area contributed by atoms with Crippen LogP contribution in [0.1, 0.15) is 31.9 Å². The fourth-order valence-electron chi connectivity index (χ4n) is 3.53. The summed E-state index contributed by atoms with van der Waals surface area (Å²) in [6, 6.07) is 15.6. The van der Waals surface area contributed by atoms with Gasteiger partial charge in [0.15, 0.2) is 0 Å². The maximum absolute atomic E-state index is 12.5. The fourth-order valence-corrected chi connectivity index (χ4v) is 4.76. The summed E-state index contributed by atoms with van der Waals surface area (Å²) in [5.74, 6) is -0.338. The van der Waals surface area contributed by atoms with E-state index >= 15 is 0 Å². The topological polar surface area (TPSA) is 78.5 Å². The van der Waals surface area contributed by atoms with Crippen LogP contribution in [0, 0.1) is 0 Å². The highest BCUT2D eigenvalue weighted by Crippen LogP contribution is 2.25. The predicted octanol–water partition coefficient (Wildman–Crippen LogP) is 2.31. The van der Waals surface area contributed by atoms with Gasteiger partial charge in [0, 0.05) is 25.2 Å². The summed E-state index contributed by atoms with van der Waals surface area (Å²) in [5.41, 5.74) is 2.45. The Balaban J connectivity index is 1.57. The van der Waals surface area contributed by atoms with E-state index < -0.39 is 16.1 Å². The first-order valence-electron chi connectivity index (χ1n) is 9.86. The first kappa shape index (κ1) is 21.5. The van der Waals surface area contributed by atoms with Crippen LogP contribution in [0.5, 0.6) is 0 Å². The monoisotopic (exact) mass is 415 g/mol. The van der Waals surface area contributed by atoms with E-state index in [0.717, 1.165) is 19.5 Å². The summed E-state index contributed by atoms with van der Waals surface area (Å²) < 4.78 is 27.3. The molecule has 0 saturated heterocycles. The maximum atomic E-state index is 12.5. The average molecular weight is 416 g/mol. The molecule has 0 saturated carbocycles. The Morgan fingerprint density at radius 2 is 1.69 bits per heavy atom. The second-order valence-electron chi connectivity index (χ2n) is 8.13. The largest absolute Gasteiger partial charge is 0.353 e. The number of sulfonamides is 1. The first-order valence-corrected chi connectivity index (χ1v) is 11.3. The van der Waals surface area contributed by atoms with Crippen LogP contribution < -0.4 is 10.0 Å². The molecule has 0 bridgehead atoms. The molecule has 0 radical (unpaired) electrons. The Kier molecular flexibility index (Phi) is 6.41. The number of nitrogens with one attached hydrogen (secondary N) is 2. The second kappa shape index (κ2) is 8.65. The van der Waals surface area contributed by atoms with Crippen LogP contribution in [-0.4, -0.2) is 43.9 Å². The van der Waals surface area contributed by atoms with Crippen molar-refractivity contribution in [1.82, 2.24) is 14.9 Å². The van der Waals surface area contributed by atoms with Gasteiger partial charge in [-0.15, -0.1) is 0 Å². The van der Waals surface area contributed by atoms with Crippen molar-refractivity contribution in [3.05, 3.63) is 65.7 Å². The van der Waals surface area contributed by atoms with Crippen LogP contribution in [0.15, 0.2) is 59.5 Å². The highest BCUT2D eigenvalue weighted by molar-refractivity contribution is 7.89. The summed E-state index contributed by atoms with van der Waals surface area (Å²) in [6.07, 6.45) is 0.987. The van der Waals surface area contributed by atoms with Gasteiger partial charge in [0.25, 0.3) is 0 Å². The lowest BCUT2D eigenvalue weighted by Gasteiger charge is -2.41. The molecular formula is C22H29N3O3S. The van der Waals surface area contributed by atoms with Gasteiger partial charge in [-0.2, -0.15) is 4.72 Å². The third kappa shape index (κ3) is 5.23. The van der Waals surface area contributed by atoms with Gasteiger partial charge in [0.05, 0.1) is 10.9 Å². The van der Waals surface area contributed by atoms with E-state index in [4.69, 9.17) is 0 Å². The van der Waals surface area contributed by atoms with Gasteiger partial charge in [0.1, 0.15) is 0 Å². The molecule has 0 unspecified atom stereocenters. The van der Waals surface area contributed by atoms with Crippen molar-refractivity contribution in [3.63, 3.8) is 0 Å². The van der Waals surface area contributed by atoms with Crippen molar-refractivity contribution < 1.29 is 13.2 Å². The quantitative estimate of drug-likeness (QED) is 0.727. The lowest BCUT2D eigenvalue weighted by atomic mass is 9.94. The fraction of sp³-hybridized carbons (Fsp3) is 0.409. The van der Waals surface area contributed by atoms with E-state index in [-0.39, 0.29) is 16.3 Å². The van der Waals surface area contributed by atoms with Crippen molar-refractivity contribution in [2.75, 3.05) is 13.1 Å². The molecular weight excluding hydrogens is 386 g/mol.